The Morgan fingerprint density at radius 3 is 2.43 bits per heavy atom. The lowest BCUT2D eigenvalue weighted by Gasteiger charge is -2.25. The number of hydrogen-bond donors (Lipinski definition) is 1. The van der Waals surface area contributed by atoms with Crippen molar-refractivity contribution in [2.24, 2.45) is 0 Å². The third-order valence-electron chi connectivity index (χ3n) is 6.17. The molecule has 0 saturated carbocycles. The predicted molar refractivity (Wildman–Crippen MR) is 143 cm³/mol. The number of ether oxygens (including phenoxy) is 2. The van der Waals surface area contributed by atoms with Gasteiger partial charge in [-0.2, -0.15) is 0 Å². The topological polar surface area (TPSA) is 76.1 Å². The van der Waals surface area contributed by atoms with Gasteiger partial charge in [0.15, 0.2) is 0 Å². The molecule has 3 aromatic carbocycles. The number of Topliss-reactive ketones (excluding diaryl/α,β-unsaturated/α-hetero) is 1. The number of rotatable bonds is 11. The summed E-state index contributed by atoms with van der Waals surface area (Å²) in [5, 5.41) is 11.4. The van der Waals surface area contributed by atoms with Gasteiger partial charge in [0.05, 0.1) is 18.2 Å². The molecule has 6 heteroatoms. The van der Waals surface area contributed by atoms with E-state index in [1.165, 1.54) is 4.90 Å². The first-order chi connectivity index (χ1) is 18.0. The molecule has 1 amide bonds. The van der Waals surface area contributed by atoms with E-state index in [-0.39, 0.29) is 17.9 Å². The van der Waals surface area contributed by atoms with Crippen molar-refractivity contribution in [3.8, 4) is 11.5 Å². The Morgan fingerprint density at radius 1 is 0.973 bits per heavy atom. The second-order valence-electron chi connectivity index (χ2n) is 8.81. The Morgan fingerprint density at radius 2 is 1.73 bits per heavy atom. The Kier molecular flexibility index (Phi) is 8.41. The van der Waals surface area contributed by atoms with Gasteiger partial charge >= 0.3 is 0 Å². The number of aliphatic hydroxyl groups excluding tert-OH is 1. The molecule has 1 fully saturated rings. The van der Waals surface area contributed by atoms with E-state index in [0.717, 1.165) is 18.4 Å². The minimum Gasteiger partial charge on any atom is -0.507 e. The summed E-state index contributed by atoms with van der Waals surface area (Å²) >= 11 is 0. The van der Waals surface area contributed by atoms with Gasteiger partial charge in [-0.25, -0.2) is 0 Å². The molecular weight excluding hydrogens is 466 g/mol. The number of benzene rings is 3. The van der Waals surface area contributed by atoms with Crippen LogP contribution in [0.1, 0.15) is 42.5 Å². The fraction of sp³-hybridized carbons (Fsp3) is 0.226. The molecule has 1 aliphatic rings. The van der Waals surface area contributed by atoms with Crippen LogP contribution in [0.4, 0.5) is 0 Å². The quantitative estimate of drug-likeness (QED) is 0.115. The minimum absolute atomic E-state index is 0.0476. The molecule has 1 N–H and O–H groups in total. The Labute approximate surface area is 217 Å². The second-order valence-corrected chi connectivity index (χ2v) is 8.81. The molecule has 37 heavy (non-hydrogen) atoms. The summed E-state index contributed by atoms with van der Waals surface area (Å²) in [6.07, 6.45) is 3.57. The first-order valence-corrected chi connectivity index (χ1v) is 12.4. The van der Waals surface area contributed by atoms with Crippen molar-refractivity contribution in [3.05, 3.63) is 114 Å². The molecule has 0 spiro atoms. The highest BCUT2D eigenvalue weighted by Gasteiger charge is 2.46. The molecule has 1 saturated heterocycles. The zero-order valence-electron chi connectivity index (χ0n) is 20.9. The average molecular weight is 498 g/mol. The van der Waals surface area contributed by atoms with Crippen molar-refractivity contribution in [2.75, 3.05) is 13.2 Å². The average Bonchev–Trinajstić information content (AvgIpc) is 3.17. The van der Waals surface area contributed by atoms with Crippen molar-refractivity contribution >= 4 is 17.4 Å². The van der Waals surface area contributed by atoms with Crippen molar-refractivity contribution in [3.63, 3.8) is 0 Å². The Balaban J connectivity index is 1.76. The number of hydrogen-bond acceptors (Lipinski definition) is 5. The normalized spacial score (nSPS) is 16.6. The van der Waals surface area contributed by atoms with Gasteiger partial charge in [-0.05, 0) is 41.8 Å². The highest BCUT2D eigenvalue weighted by Crippen LogP contribution is 2.41. The van der Waals surface area contributed by atoms with Gasteiger partial charge in [0.1, 0.15) is 23.9 Å². The van der Waals surface area contributed by atoms with Crippen molar-refractivity contribution in [2.45, 2.75) is 32.4 Å². The van der Waals surface area contributed by atoms with Crippen LogP contribution in [-0.4, -0.2) is 34.9 Å². The number of nitrogens with zero attached hydrogens (tertiary/aromatic N) is 1. The van der Waals surface area contributed by atoms with Crippen LogP contribution in [0.25, 0.3) is 5.76 Å². The third kappa shape index (κ3) is 5.92. The lowest BCUT2D eigenvalue weighted by molar-refractivity contribution is -0.140. The van der Waals surface area contributed by atoms with E-state index in [9.17, 15) is 14.7 Å². The number of ketones is 1. The van der Waals surface area contributed by atoms with Gasteiger partial charge in [-0.1, -0.05) is 80.6 Å². The number of amides is 1. The minimum atomic E-state index is -0.765. The third-order valence-corrected chi connectivity index (χ3v) is 6.17. The number of carbonyl (C=O) groups is 2. The molecule has 190 valence electrons. The SMILES string of the molecule is C=CCOc1ccc(C2C(=C(O)c3cccc(OCCCC)c3)C(=O)C(=O)N2Cc2ccccc2)cc1. The monoisotopic (exact) mass is 497 g/mol. The predicted octanol–water partition coefficient (Wildman–Crippen LogP) is 6.05. The van der Waals surface area contributed by atoms with Gasteiger partial charge in [0.2, 0.25) is 0 Å². The van der Waals surface area contributed by atoms with Crippen LogP contribution in [0, 0.1) is 0 Å². The van der Waals surface area contributed by atoms with Crippen LogP contribution in [0.3, 0.4) is 0 Å². The molecule has 1 aliphatic heterocycles. The van der Waals surface area contributed by atoms with Crippen molar-refractivity contribution < 1.29 is 24.2 Å². The first kappa shape index (κ1) is 25.8. The molecule has 0 aromatic heterocycles. The Bertz CT molecular complexity index is 1280. The summed E-state index contributed by atoms with van der Waals surface area (Å²) in [5.41, 5.74) is 2.04. The van der Waals surface area contributed by atoms with Crippen LogP contribution < -0.4 is 9.47 Å². The van der Waals surface area contributed by atoms with Crippen LogP contribution in [-0.2, 0) is 16.1 Å². The summed E-state index contributed by atoms with van der Waals surface area (Å²) in [5.74, 6) is -0.371. The summed E-state index contributed by atoms with van der Waals surface area (Å²) in [6.45, 7) is 6.89. The smallest absolute Gasteiger partial charge is 0.295 e. The van der Waals surface area contributed by atoms with Crippen molar-refractivity contribution in [1.29, 1.82) is 0 Å². The van der Waals surface area contributed by atoms with Gasteiger partial charge in [0, 0.05) is 12.1 Å². The molecular formula is C31H31NO5. The van der Waals surface area contributed by atoms with Crippen LogP contribution in [0.5, 0.6) is 11.5 Å². The number of aliphatic hydroxyl groups is 1. The second kappa shape index (κ2) is 12.1. The molecule has 3 aromatic rings. The fourth-order valence-corrected chi connectivity index (χ4v) is 4.29. The number of likely N-dealkylation sites (tertiary alicyclic amines) is 1. The van der Waals surface area contributed by atoms with E-state index in [4.69, 9.17) is 9.47 Å². The van der Waals surface area contributed by atoms with Crippen LogP contribution in [0.2, 0.25) is 0 Å². The van der Waals surface area contributed by atoms with Crippen molar-refractivity contribution in [1.82, 2.24) is 4.90 Å². The van der Waals surface area contributed by atoms with Crippen LogP contribution in [0.15, 0.2) is 97.1 Å². The molecule has 0 aliphatic carbocycles. The van der Waals surface area contributed by atoms with Gasteiger partial charge in [-0.3, -0.25) is 9.59 Å². The van der Waals surface area contributed by atoms with E-state index in [1.807, 2.05) is 42.5 Å². The molecule has 1 heterocycles. The fourth-order valence-electron chi connectivity index (χ4n) is 4.29. The van der Waals surface area contributed by atoms with E-state index in [0.29, 0.717) is 35.8 Å². The lowest BCUT2D eigenvalue weighted by atomic mass is 9.95. The summed E-state index contributed by atoms with van der Waals surface area (Å²) in [6, 6.07) is 22.9. The standard InChI is InChI=1S/C31H31NO5/c1-3-5-19-37-26-13-9-12-24(20-26)29(33)27-28(23-14-16-25(17-15-23)36-18-4-2)32(31(35)30(27)34)21-22-10-7-6-8-11-22/h4,6-17,20,28,33H,2-3,5,18-19,21H2,1H3. The van der Waals surface area contributed by atoms with E-state index >= 15 is 0 Å². The first-order valence-electron chi connectivity index (χ1n) is 12.4. The summed E-state index contributed by atoms with van der Waals surface area (Å²) in [4.78, 5) is 28.1. The molecule has 6 nitrogen and oxygen atoms in total. The maximum Gasteiger partial charge on any atom is 0.295 e. The summed E-state index contributed by atoms with van der Waals surface area (Å²) < 4.78 is 11.4. The van der Waals surface area contributed by atoms with Gasteiger partial charge in [0.25, 0.3) is 11.7 Å². The zero-order chi connectivity index (χ0) is 26.2. The number of carbonyl (C=O) groups excluding carboxylic acids is 2. The van der Waals surface area contributed by atoms with E-state index < -0.39 is 17.7 Å². The van der Waals surface area contributed by atoms with E-state index in [2.05, 4.69) is 13.5 Å². The van der Waals surface area contributed by atoms with E-state index in [1.54, 1.807) is 42.5 Å². The summed E-state index contributed by atoms with van der Waals surface area (Å²) in [7, 11) is 0. The molecule has 4 rings (SSSR count). The number of unbranched alkanes of at least 4 members (excludes halogenated alkanes) is 1. The molecule has 1 unspecified atom stereocenters. The largest absolute Gasteiger partial charge is 0.507 e. The highest BCUT2D eigenvalue weighted by atomic mass is 16.5. The molecule has 1 atom stereocenters. The lowest BCUT2D eigenvalue weighted by Crippen LogP contribution is -2.29. The molecule has 0 bridgehead atoms. The Hall–Kier alpha value is -4.32. The maximum absolute atomic E-state index is 13.3. The van der Waals surface area contributed by atoms with Gasteiger partial charge in [-0.15, -0.1) is 0 Å². The van der Waals surface area contributed by atoms with Gasteiger partial charge < -0.3 is 19.5 Å². The molecule has 0 radical (unpaired) electrons. The zero-order valence-corrected chi connectivity index (χ0v) is 20.9. The van der Waals surface area contributed by atoms with Crippen LogP contribution >= 0.6 is 0 Å². The maximum atomic E-state index is 13.3. The highest BCUT2D eigenvalue weighted by molar-refractivity contribution is 6.46.